The Hall–Kier alpha value is -1.28. The lowest BCUT2D eigenvalue weighted by Crippen LogP contribution is -2.41. The topological polar surface area (TPSA) is 71.5 Å². The van der Waals surface area contributed by atoms with E-state index in [1.807, 2.05) is 0 Å². The van der Waals surface area contributed by atoms with Gasteiger partial charge in [0.05, 0.1) is 36.2 Å². The number of nitrogens with zero attached hydrogens (tertiary/aromatic N) is 3. The molecule has 148 valence electrons. The van der Waals surface area contributed by atoms with Gasteiger partial charge in [0.2, 0.25) is 0 Å². The van der Waals surface area contributed by atoms with Crippen molar-refractivity contribution in [1.29, 1.82) is 0 Å². The van der Waals surface area contributed by atoms with E-state index in [1.165, 1.54) is 12.8 Å². The maximum Gasteiger partial charge on any atom is 0.132 e. The third kappa shape index (κ3) is 3.70. The van der Waals surface area contributed by atoms with Gasteiger partial charge in [0.1, 0.15) is 12.1 Å². The molecule has 0 bridgehead atoms. The number of nitrogens with one attached hydrogen (secondary N) is 2. The molecule has 1 aromatic rings. The van der Waals surface area contributed by atoms with Gasteiger partial charge in [0.15, 0.2) is 0 Å². The zero-order valence-corrected chi connectivity index (χ0v) is 16.4. The van der Waals surface area contributed by atoms with Crippen LogP contribution in [-0.4, -0.2) is 53.5 Å². The molecule has 2 aliphatic heterocycles. The van der Waals surface area contributed by atoms with Crippen LogP contribution in [0.3, 0.4) is 0 Å². The lowest BCUT2D eigenvalue weighted by atomic mass is 9.79. The van der Waals surface area contributed by atoms with Gasteiger partial charge in [-0.25, -0.2) is 15.4 Å². The summed E-state index contributed by atoms with van der Waals surface area (Å²) in [6.07, 6.45) is 8.17. The summed E-state index contributed by atoms with van der Waals surface area (Å²) in [5.41, 5.74) is 8.26. The highest BCUT2D eigenvalue weighted by Gasteiger charge is 2.46. The summed E-state index contributed by atoms with van der Waals surface area (Å²) >= 11 is 0. The standard InChI is InChI=1S/C20H31N5O2/c1-13-11-25(7-8-26-13)18-10-17(21-12-22-18)19-15-9-14(27-20(2)5-6-20)3-4-16(15)23-24-19/h10,12-16,19,23-24H,3-9,11H2,1-2H3/t13-,14?,15?,16?,19?/m0/s1. The second kappa shape index (κ2) is 6.95. The predicted molar refractivity (Wildman–Crippen MR) is 102 cm³/mol. The molecular weight excluding hydrogens is 342 g/mol. The van der Waals surface area contributed by atoms with Crippen molar-refractivity contribution in [3.63, 3.8) is 0 Å². The third-order valence-electron chi connectivity index (χ3n) is 6.67. The number of hydrogen-bond acceptors (Lipinski definition) is 7. The molecule has 7 heteroatoms. The van der Waals surface area contributed by atoms with Crippen LogP contribution in [0.4, 0.5) is 5.82 Å². The molecule has 0 aromatic carbocycles. The number of fused-ring (bicyclic) bond motifs is 1. The molecule has 0 amide bonds. The first kappa shape index (κ1) is 17.8. The second-order valence-electron chi connectivity index (χ2n) is 8.97. The van der Waals surface area contributed by atoms with E-state index in [0.29, 0.717) is 18.1 Å². The number of hydrazine groups is 1. The highest BCUT2D eigenvalue weighted by Crippen LogP contribution is 2.45. The molecule has 5 atom stereocenters. The van der Waals surface area contributed by atoms with Crippen molar-refractivity contribution in [3.8, 4) is 0 Å². The lowest BCUT2D eigenvalue weighted by Gasteiger charge is -2.35. The summed E-state index contributed by atoms with van der Waals surface area (Å²) in [5, 5.41) is 0. The van der Waals surface area contributed by atoms with Gasteiger partial charge in [0.25, 0.3) is 0 Å². The molecule has 3 heterocycles. The normalized spacial score (nSPS) is 37.9. The quantitative estimate of drug-likeness (QED) is 0.836. The molecular formula is C20H31N5O2. The number of morpholine rings is 1. The Kier molecular flexibility index (Phi) is 4.58. The van der Waals surface area contributed by atoms with E-state index < -0.39 is 0 Å². The molecule has 7 nitrogen and oxygen atoms in total. The number of anilines is 1. The minimum atomic E-state index is 0.154. The molecule has 4 fully saturated rings. The Morgan fingerprint density at radius 1 is 1.26 bits per heavy atom. The highest BCUT2D eigenvalue weighted by molar-refractivity contribution is 5.40. The Balaban J connectivity index is 1.31. The Morgan fingerprint density at radius 3 is 2.96 bits per heavy atom. The van der Waals surface area contributed by atoms with Crippen molar-refractivity contribution in [3.05, 3.63) is 18.1 Å². The summed E-state index contributed by atoms with van der Waals surface area (Å²) in [6, 6.07) is 2.88. The van der Waals surface area contributed by atoms with Crippen molar-refractivity contribution in [2.45, 2.75) is 75.8 Å². The van der Waals surface area contributed by atoms with Gasteiger partial charge >= 0.3 is 0 Å². The smallest absolute Gasteiger partial charge is 0.132 e. The largest absolute Gasteiger partial charge is 0.375 e. The van der Waals surface area contributed by atoms with E-state index in [4.69, 9.17) is 9.47 Å². The lowest BCUT2D eigenvalue weighted by molar-refractivity contribution is -0.0500. The second-order valence-corrected chi connectivity index (χ2v) is 8.97. The van der Waals surface area contributed by atoms with Crippen LogP contribution < -0.4 is 15.8 Å². The zero-order valence-electron chi connectivity index (χ0n) is 16.4. The average molecular weight is 374 g/mol. The van der Waals surface area contributed by atoms with Crippen molar-refractivity contribution in [2.75, 3.05) is 24.6 Å². The maximum absolute atomic E-state index is 6.40. The first-order valence-electron chi connectivity index (χ1n) is 10.5. The molecule has 4 unspecified atom stereocenters. The van der Waals surface area contributed by atoms with E-state index >= 15 is 0 Å². The van der Waals surface area contributed by atoms with Crippen LogP contribution in [0.15, 0.2) is 12.4 Å². The average Bonchev–Trinajstić information content (AvgIpc) is 3.25. The Labute approximate surface area is 161 Å². The molecule has 2 saturated carbocycles. The van der Waals surface area contributed by atoms with Crippen molar-refractivity contribution >= 4 is 5.82 Å². The fourth-order valence-corrected chi connectivity index (χ4v) is 4.84. The summed E-state index contributed by atoms with van der Waals surface area (Å²) < 4.78 is 12.1. The Morgan fingerprint density at radius 2 is 2.15 bits per heavy atom. The molecule has 27 heavy (non-hydrogen) atoms. The van der Waals surface area contributed by atoms with Crippen LogP contribution in [0.5, 0.6) is 0 Å². The Bertz CT molecular complexity index is 682. The van der Waals surface area contributed by atoms with E-state index in [1.54, 1.807) is 6.33 Å². The van der Waals surface area contributed by atoms with Crippen LogP contribution in [0.2, 0.25) is 0 Å². The first-order valence-corrected chi connectivity index (χ1v) is 10.5. The molecule has 1 aromatic heterocycles. The maximum atomic E-state index is 6.40. The minimum Gasteiger partial charge on any atom is -0.375 e. The number of ether oxygens (including phenoxy) is 2. The zero-order chi connectivity index (χ0) is 18.4. The van der Waals surface area contributed by atoms with Crippen LogP contribution in [0.1, 0.15) is 57.7 Å². The van der Waals surface area contributed by atoms with Gasteiger partial charge in [-0.1, -0.05) is 0 Å². The minimum absolute atomic E-state index is 0.154. The summed E-state index contributed by atoms with van der Waals surface area (Å²) in [4.78, 5) is 11.5. The van der Waals surface area contributed by atoms with Crippen LogP contribution >= 0.6 is 0 Å². The van der Waals surface area contributed by atoms with Crippen LogP contribution in [-0.2, 0) is 9.47 Å². The van der Waals surface area contributed by atoms with Crippen LogP contribution in [0, 0.1) is 5.92 Å². The van der Waals surface area contributed by atoms with Crippen LogP contribution in [0.25, 0.3) is 0 Å². The SMILES string of the molecule is C[C@H]1CN(c2cc(C3NNC4CCC(OC5(C)CC5)CC43)ncn2)CCO1. The van der Waals surface area contributed by atoms with Gasteiger partial charge in [-0.05, 0) is 46.0 Å². The fraction of sp³-hybridized carbons (Fsp3) is 0.800. The molecule has 2 N–H and O–H groups in total. The highest BCUT2D eigenvalue weighted by atomic mass is 16.5. The van der Waals surface area contributed by atoms with Gasteiger partial charge in [-0.3, -0.25) is 5.43 Å². The van der Waals surface area contributed by atoms with Gasteiger partial charge in [-0.15, -0.1) is 0 Å². The molecule has 2 aliphatic carbocycles. The molecule has 0 spiro atoms. The molecule has 0 radical (unpaired) electrons. The third-order valence-corrected chi connectivity index (χ3v) is 6.67. The number of hydrogen-bond donors (Lipinski definition) is 2. The fourth-order valence-electron chi connectivity index (χ4n) is 4.84. The monoisotopic (exact) mass is 373 g/mol. The number of aromatic nitrogens is 2. The van der Waals surface area contributed by atoms with E-state index in [9.17, 15) is 0 Å². The van der Waals surface area contributed by atoms with Gasteiger partial charge in [-0.2, -0.15) is 0 Å². The molecule has 4 aliphatic rings. The van der Waals surface area contributed by atoms with Gasteiger partial charge < -0.3 is 14.4 Å². The van der Waals surface area contributed by atoms with Gasteiger partial charge in [0, 0.05) is 31.1 Å². The van der Waals surface area contributed by atoms with Crippen molar-refractivity contribution in [2.24, 2.45) is 5.92 Å². The van der Waals surface area contributed by atoms with E-state index in [2.05, 4.69) is 45.6 Å². The summed E-state index contributed by atoms with van der Waals surface area (Å²) in [7, 11) is 0. The summed E-state index contributed by atoms with van der Waals surface area (Å²) in [6.45, 7) is 6.89. The first-order chi connectivity index (χ1) is 13.1. The van der Waals surface area contributed by atoms with E-state index in [0.717, 1.165) is 50.5 Å². The molecule has 5 rings (SSSR count). The predicted octanol–water partition coefficient (Wildman–Crippen LogP) is 1.96. The van der Waals surface area contributed by atoms with Crippen molar-refractivity contribution < 1.29 is 9.47 Å². The van der Waals surface area contributed by atoms with Crippen molar-refractivity contribution in [1.82, 2.24) is 20.8 Å². The summed E-state index contributed by atoms with van der Waals surface area (Å²) in [5.74, 6) is 1.52. The molecule has 2 saturated heterocycles. The number of rotatable bonds is 4. The van der Waals surface area contributed by atoms with E-state index in [-0.39, 0.29) is 17.7 Å².